The van der Waals surface area contributed by atoms with Crippen molar-refractivity contribution in [1.82, 2.24) is 14.9 Å². The summed E-state index contributed by atoms with van der Waals surface area (Å²) in [5, 5.41) is 0. The van der Waals surface area contributed by atoms with Crippen molar-refractivity contribution in [3.8, 4) is 0 Å². The first-order valence-electron chi connectivity index (χ1n) is 10.8. The molecule has 3 aromatic rings. The molecule has 2 amide bonds. The fourth-order valence-electron chi connectivity index (χ4n) is 4.59. The molecule has 2 aliphatic rings. The number of amides is 2. The molecule has 1 N–H and O–H groups in total. The van der Waals surface area contributed by atoms with Crippen LogP contribution < -0.4 is 4.90 Å². The average molecular weight is 402 g/mol. The zero-order valence-electron chi connectivity index (χ0n) is 17.0. The minimum Gasteiger partial charge on any atom is -0.342 e. The highest BCUT2D eigenvalue weighted by Crippen LogP contribution is 2.27. The maximum atomic E-state index is 12.9. The second-order valence-corrected chi connectivity index (χ2v) is 8.31. The van der Waals surface area contributed by atoms with Crippen molar-refractivity contribution in [2.45, 2.75) is 38.0 Å². The third-order valence-electron chi connectivity index (χ3n) is 6.25. The predicted octanol–water partition coefficient (Wildman–Crippen LogP) is 3.64. The van der Waals surface area contributed by atoms with Crippen LogP contribution in [0.3, 0.4) is 0 Å². The normalized spacial score (nSPS) is 19.6. The summed E-state index contributed by atoms with van der Waals surface area (Å²) in [4.78, 5) is 36.8. The van der Waals surface area contributed by atoms with Gasteiger partial charge < -0.3 is 14.8 Å². The van der Waals surface area contributed by atoms with E-state index in [2.05, 4.69) is 4.98 Å². The number of nitrogens with zero attached hydrogens (tertiary/aromatic N) is 3. The van der Waals surface area contributed by atoms with E-state index in [0.717, 1.165) is 60.5 Å². The lowest BCUT2D eigenvalue weighted by molar-refractivity contribution is -0.131. The molecule has 6 nitrogen and oxygen atoms in total. The van der Waals surface area contributed by atoms with Gasteiger partial charge in [-0.15, -0.1) is 0 Å². The SMILES string of the molecule is O=C(Cc1ccc(N2CCCC2=O)cc1)N1CCCC(c2nc3ccccc3[nH]2)C1. The Morgan fingerprint density at radius 3 is 2.67 bits per heavy atom. The van der Waals surface area contributed by atoms with Crippen molar-refractivity contribution < 1.29 is 9.59 Å². The summed E-state index contributed by atoms with van der Waals surface area (Å²) in [7, 11) is 0. The molecule has 2 aromatic carbocycles. The third kappa shape index (κ3) is 3.70. The number of para-hydroxylation sites is 2. The van der Waals surface area contributed by atoms with E-state index in [0.29, 0.717) is 19.4 Å². The van der Waals surface area contributed by atoms with Crippen LogP contribution in [0.5, 0.6) is 0 Å². The molecule has 3 heterocycles. The lowest BCUT2D eigenvalue weighted by Crippen LogP contribution is -2.40. The Morgan fingerprint density at radius 2 is 1.90 bits per heavy atom. The van der Waals surface area contributed by atoms with Crippen molar-refractivity contribution in [3.05, 3.63) is 59.9 Å². The summed E-state index contributed by atoms with van der Waals surface area (Å²) in [6.07, 6.45) is 3.97. The molecular formula is C24H26N4O2. The van der Waals surface area contributed by atoms with E-state index in [1.54, 1.807) is 0 Å². The van der Waals surface area contributed by atoms with Crippen molar-refractivity contribution in [1.29, 1.82) is 0 Å². The fraction of sp³-hybridized carbons (Fsp3) is 0.375. The number of hydrogen-bond acceptors (Lipinski definition) is 3. The van der Waals surface area contributed by atoms with Crippen LogP contribution in [-0.2, 0) is 16.0 Å². The van der Waals surface area contributed by atoms with E-state index in [4.69, 9.17) is 4.98 Å². The van der Waals surface area contributed by atoms with Crippen LogP contribution in [0, 0.1) is 0 Å². The Bertz CT molecular complexity index is 1040. The van der Waals surface area contributed by atoms with E-state index < -0.39 is 0 Å². The summed E-state index contributed by atoms with van der Waals surface area (Å²) >= 11 is 0. The van der Waals surface area contributed by atoms with Crippen LogP contribution >= 0.6 is 0 Å². The number of rotatable bonds is 4. The highest BCUT2D eigenvalue weighted by atomic mass is 16.2. The first-order chi connectivity index (χ1) is 14.7. The molecule has 2 saturated heterocycles. The largest absolute Gasteiger partial charge is 0.342 e. The maximum absolute atomic E-state index is 12.9. The highest BCUT2D eigenvalue weighted by molar-refractivity contribution is 5.95. The Kier molecular flexibility index (Phi) is 4.99. The molecular weight excluding hydrogens is 376 g/mol. The van der Waals surface area contributed by atoms with Gasteiger partial charge in [-0.05, 0) is 49.1 Å². The topological polar surface area (TPSA) is 69.3 Å². The van der Waals surface area contributed by atoms with E-state index in [-0.39, 0.29) is 17.7 Å². The predicted molar refractivity (Wildman–Crippen MR) is 116 cm³/mol. The summed E-state index contributed by atoms with van der Waals surface area (Å²) in [5.74, 6) is 1.57. The van der Waals surface area contributed by atoms with Crippen LogP contribution in [-0.4, -0.2) is 46.3 Å². The van der Waals surface area contributed by atoms with Crippen LogP contribution in [0.15, 0.2) is 48.5 Å². The summed E-state index contributed by atoms with van der Waals surface area (Å²) in [6.45, 7) is 2.29. The van der Waals surface area contributed by atoms with Gasteiger partial charge >= 0.3 is 0 Å². The van der Waals surface area contributed by atoms with Crippen LogP contribution in [0.2, 0.25) is 0 Å². The summed E-state index contributed by atoms with van der Waals surface area (Å²) < 4.78 is 0. The average Bonchev–Trinajstić information content (AvgIpc) is 3.40. The number of fused-ring (bicyclic) bond motifs is 1. The van der Waals surface area contributed by atoms with Crippen LogP contribution in [0.4, 0.5) is 5.69 Å². The van der Waals surface area contributed by atoms with Crippen LogP contribution in [0.25, 0.3) is 11.0 Å². The minimum atomic E-state index is 0.154. The summed E-state index contributed by atoms with van der Waals surface area (Å²) in [6, 6.07) is 15.9. The molecule has 30 heavy (non-hydrogen) atoms. The molecule has 0 aliphatic carbocycles. The zero-order chi connectivity index (χ0) is 20.5. The Balaban J connectivity index is 1.24. The lowest BCUT2D eigenvalue weighted by Gasteiger charge is -2.32. The van der Waals surface area contributed by atoms with Gasteiger partial charge in [-0.2, -0.15) is 0 Å². The number of nitrogens with one attached hydrogen (secondary N) is 1. The van der Waals surface area contributed by atoms with Gasteiger partial charge in [0.25, 0.3) is 0 Å². The number of likely N-dealkylation sites (tertiary alicyclic amines) is 1. The number of H-pyrrole nitrogens is 1. The molecule has 154 valence electrons. The molecule has 2 fully saturated rings. The van der Waals surface area contributed by atoms with E-state index in [1.165, 1.54) is 0 Å². The first kappa shape index (κ1) is 18.9. The smallest absolute Gasteiger partial charge is 0.227 e. The Hall–Kier alpha value is -3.15. The highest BCUT2D eigenvalue weighted by Gasteiger charge is 2.27. The molecule has 2 aliphatic heterocycles. The molecule has 1 atom stereocenters. The number of imidazole rings is 1. The van der Waals surface area contributed by atoms with Crippen molar-refractivity contribution in [3.63, 3.8) is 0 Å². The van der Waals surface area contributed by atoms with Crippen molar-refractivity contribution in [2.24, 2.45) is 0 Å². The molecule has 0 saturated carbocycles. The molecule has 1 unspecified atom stereocenters. The second kappa shape index (κ2) is 7.94. The number of hydrogen-bond donors (Lipinski definition) is 1. The summed E-state index contributed by atoms with van der Waals surface area (Å²) in [5.41, 5.74) is 3.94. The molecule has 0 bridgehead atoms. The Morgan fingerprint density at radius 1 is 1.07 bits per heavy atom. The second-order valence-electron chi connectivity index (χ2n) is 8.31. The Labute approximate surface area is 175 Å². The third-order valence-corrected chi connectivity index (χ3v) is 6.25. The number of carbonyl (C=O) groups is 2. The van der Waals surface area contributed by atoms with E-state index >= 15 is 0 Å². The number of anilines is 1. The van der Waals surface area contributed by atoms with Gasteiger partial charge in [-0.1, -0.05) is 24.3 Å². The number of benzene rings is 2. The van der Waals surface area contributed by atoms with Gasteiger partial charge in [-0.25, -0.2) is 4.98 Å². The van der Waals surface area contributed by atoms with Crippen LogP contribution in [0.1, 0.15) is 43.0 Å². The molecule has 0 spiro atoms. The van der Waals surface area contributed by atoms with Crippen molar-refractivity contribution in [2.75, 3.05) is 24.5 Å². The van der Waals surface area contributed by atoms with Gasteiger partial charge in [0, 0.05) is 37.7 Å². The van der Waals surface area contributed by atoms with Gasteiger partial charge in [0.15, 0.2) is 0 Å². The molecule has 0 radical (unpaired) electrons. The number of piperidine rings is 1. The standard InChI is InChI=1S/C24H26N4O2/c29-22-8-4-14-28(22)19-11-9-17(10-12-19)15-23(30)27-13-3-5-18(16-27)24-25-20-6-1-2-7-21(20)26-24/h1-2,6-7,9-12,18H,3-5,8,13-16H2,(H,25,26). The number of carbonyl (C=O) groups excluding carboxylic acids is 2. The van der Waals surface area contributed by atoms with Gasteiger partial charge in [0.05, 0.1) is 17.5 Å². The monoisotopic (exact) mass is 402 g/mol. The maximum Gasteiger partial charge on any atom is 0.227 e. The van der Waals surface area contributed by atoms with Gasteiger partial charge in [0.1, 0.15) is 5.82 Å². The van der Waals surface area contributed by atoms with E-state index in [1.807, 2.05) is 58.3 Å². The lowest BCUT2D eigenvalue weighted by atomic mass is 9.96. The number of aromatic nitrogens is 2. The zero-order valence-corrected chi connectivity index (χ0v) is 17.0. The van der Waals surface area contributed by atoms with Crippen molar-refractivity contribution >= 4 is 28.5 Å². The number of aromatic amines is 1. The first-order valence-corrected chi connectivity index (χ1v) is 10.8. The molecule has 6 heteroatoms. The fourth-order valence-corrected chi connectivity index (χ4v) is 4.59. The molecule has 1 aromatic heterocycles. The minimum absolute atomic E-state index is 0.154. The van der Waals surface area contributed by atoms with E-state index in [9.17, 15) is 9.59 Å². The van der Waals surface area contributed by atoms with Gasteiger partial charge in [0.2, 0.25) is 11.8 Å². The van der Waals surface area contributed by atoms with Gasteiger partial charge in [-0.3, -0.25) is 9.59 Å². The molecule has 5 rings (SSSR count). The quantitative estimate of drug-likeness (QED) is 0.724.